The second-order valence-electron chi connectivity index (χ2n) is 12.6. The Hall–Kier alpha value is 0.460. The summed E-state index contributed by atoms with van der Waals surface area (Å²) in [6, 6.07) is 0. The fraction of sp³-hybridized carbons (Fsp3) is 1.00. The second kappa shape index (κ2) is 7.55. The third-order valence-corrected chi connectivity index (χ3v) is 14.6. The fourth-order valence-electron chi connectivity index (χ4n) is 7.34. The van der Waals surface area contributed by atoms with Gasteiger partial charge in [0.2, 0.25) is 0 Å². The number of hydrogen-bond donors (Lipinski definition) is 0. The van der Waals surface area contributed by atoms with E-state index >= 15 is 0 Å². The van der Waals surface area contributed by atoms with Crippen LogP contribution in [0.2, 0.25) is 0 Å². The zero-order valence-corrected chi connectivity index (χ0v) is 21.6. The summed E-state index contributed by atoms with van der Waals surface area (Å²) < 4.78 is 27.4. The Labute approximate surface area is 175 Å². The Bertz CT molecular complexity index is 680. The van der Waals surface area contributed by atoms with Gasteiger partial charge in [0.05, 0.1) is 14.3 Å². The van der Waals surface area contributed by atoms with Crippen molar-refractivity contribution >= 4 is 14.3 Å². The summed E-state index contributed by atoms with van der Waals surface area (Å²) in [5.74, 6) is 3.64. The Morgan fingerprint density at radius 1 is 0.750 bits per heavy atom. The molecule has 0 amide bonds. The molecule has 4 heteroatoms. The van der Waals surface area contributed by atoms with Crippen LogP contribution in [0.25, 0.3) is 0 Å². The summed E-state index contributed by atoms with van der Waals surface area (Å²) in [5, 5.41) is 0. The van der Waals surface area contributed by atoms with Gasteiger partial charge in [-0.2, -0.15) is 0 Å². The van der Waals surface area contributed by atoms with Crippen LogP contribution in [0.3, 0.4) is 0 Å². The monoisotopic (exact) mass is 428 g/mol. The molecule has 1 saturated heterocycles. The van der Waals surface area contributed by atoms with Gasteiger partial charge >= 0.3 is 0 Å². The van der Waals surface area contributed by atoms with E-state index in [-0.39, 0.29) is 10.8 Å². The molecule has 0 N–H and O–H groups in total. The molecule has 3 aliphatic rings. The first-order chi connectivity index (χ1) is 12.7. The summed E-state index contributed by atoms with van der Waals surface area (Å²) in [4.78, 5) is 0. The van der Waals surface area contributed by atoms with E-state index in [1.165, 1.54) is 12.8 Å². The summed E-state index contributed by atoms with van der Waals surface area (Å²) in [7, 11) is -4.27. The molecule has 2 aliphatic carbocycles. The molecule has 8 atom stereocenters. The highest BCUT2D eigenvalue weighted by atomic mass is 31.2. The average Bonchev–Trinajstić information content (AvgIpc) is 2.88. The van der Waals surface area contributed by atoms with Crippen LogP contribution < -0.4 is 0 Å². The van der Waals surface area contributed by atoms with E-state index in [9.17, 15) is 9.13 Å². The van der Waals surface area contributed by atoms with E-state index in [2.05, 4.69) is 54.9 Å². The summed E-state index contributed by atoms with van der Waals surface area (Å²) in [6.07, 6.45) is 8.29. The van der Waals surface area contributed by atoms with Gasteiger partial charge in [-0.25, -0.2) is 0 Å². The molecule has 164 valence electrons. The number of fused-ring (bicyclic) bond motifs is 3. The minimum Gasteiger partial charge on any atom is -0.324 e. The predicted octanol–water partition coefficient (Wildman–Crippen LogP) is 7.36. The molecule has 3 fully saturated rings. The highest BCUT2D eigenvalue weighted by molar-refractivity contribution is 7.63. The van der Waals surface area contributed by atoms with Gasteiger partial charge in [0.1, 0.15) is 0 Å². The van der Waals surface area contributed by atoms with Crippen molar-refractivity contribution in [2.45, 2.75) is 67.2 Å². The van der Waals surface area contributed by atoms with Crippen LogP contribution in [-0.4, -0.2) is 38.0 Å². The summed E-state index contributed by atoms with van der Waals surface area (Å²) in [6.45, 7) is 18.6. The Kier molecular flexibility index (Phi) is 6.24. The van der Waals surface area contributed by atoms with Crippen molar-refractivity contribution in [1.82, 2.24) is 0 Å². The molecule has 3 rings (SSSR count). The van der Waals surface area contributed by atoms with Crippen LogP contribution in [0.5, 0.6) is 0 Å². The van der Waals surface area contributed by atoms with E-state index in [4.69, 9.17) is 0 Å². The third kappa shape index (κ3) is 4.40. The van der Waals surface area contributed by atoms with Gasteiger partial charge in [0.25, 0.3) is 0 Å². The van der Waals surface area contributed by atoms with Crippen LogP contribution in [0, 0.1) is 46.3 Å². The largest absolute Gasteiger partial charge is 0.324 e. The van der Waals surface area contributed by atoms with Crippen molar-refractivity contribution in [2.75, 3.05) is 38.0 Å². The maximum absolute atomic E-state index is 13.7. The molecular formula is C24H46O2P2. The predicted molar refractivity (Wildman–Crippen MR) is 125 cm³/mol. The molecule has 2 nitrogen and oxygen atoms in total. The highest BCUT2D eigenvalue weighted by Gasteiger charge is 2.51. The van der Waals surface area contributed by atoms with Gasteiger partial charge in [-0.3, -0.25) is 0 Å². The molecule has 2 bridgehead atoms. The van der Waals surface area contributed by atoms with Crippen molar-refractivity contribution in [2.24, 2.45) is 46.3 Å². The molecular weight excluding hydrogens is 382 g/mol. The van der Waals surface area contributed by atoms with Gasteiger partial charge in [-0.05, 0) is 85.4 Å². The normalized spacial score (nSPS) is 51.6. The lowest BCUT2D eigenvalue weighted by Crippen LogP contribution is -2.30. The maximum Gasteiger partial charge on any atom is 0.0851 e. The van der Waals surface area contributed by atoms with E-state index in [1.807, 2.05) is 0 Å². The van der Waals surface area contributed by atoms with Gasteiger partial charge in [0.15, 0.2) is 0 Å². The molecule has 1 aliphatic heterocycles. The molecule has 0 radical (unpaired) electrons. The molecule has 2 unspecified atom stereocenters. The van der Waals surface area contributed by atoms with Crippen molar-refractivity contribution in [3.63, 3.8) is 0 Å². The lowest BCUT2D eigenvalue weighted by Gasteiger charge is -2.36. The minimum absolute atomic E-state index is 0.225. The van der Waals surface area contributed by atoms with Crippen LogP contribution in [0.15, 0.2) is 0 Å². The van der Waals surface area contributed by atoms with Crippen LogP contribution in [-0.2, 0) is 9.13 Å². The van der Waals surface area contributed by atoms with Crippen molar-refractivity contribution in [3.8, 4) is 0 Å². The molecule has 28 heavy (non-hydrogen) atoms. The molecule has 0 aromatic carbocycles. The third-order valence-electron chi connectivity index (χ3n) is 9.89. The highest BCUT2D eigenvalue weighted by Crippen LogP contribution is 2.63. The SMILES string of the molecule is C[C@@H]1C[C@@H]2CCP(C)(=O)C[C@@H]3[C@@H](CCP(C)(=O)C[C@@H]1C2(C)C)C[C@@H](C)C3(C)C. The number of rotatable bonds is 0. The van der Waals surface area contributed by atoms with Gasteiger partial charge in [0, 0.05) is 24.6 Å². The summed E-state index contributed by atoms with van der Waals surface area (Å²) >= 11 is 0. The number of hydrogen-bond acceptors (Lipinski definition) is 2. The molecule has 1 heterocycles. The molecule has 0 aromatic rings. The van der Waals surface area contributed by atoms with Crippen LogP contribution >= 0.6 is 14.3 Å². The average molecular weight is 429 g/mol. The first-order valence-electron chi connectivity index (χ1n) is 11.8. The lowest BCUT2D eigenvalue weighted by molar-refractivity contribution is 0.184. The van der Waals surface area contributed by atoms with E-state index in [1.54, 1.807) is 0 Å². The standard InChI is InChI=1S/C24H46O2P2/c1-17-13-20-10-12-28(8,26)16-22-19(14-18(2)23(22,3)4)9-11-27(7,25)15-21(17)24(20,5)6/h17-22H,9-16H2,1-8H3/t17-,18-,19+,20+,21+,22-,27?,28?/m1/s1. The van der Waals surface area contributed by atoms with Crippen molar-refractivity contribution < 1.29 is 9.13 Å². The molecule has 0 aromatic heterocycles. The lowest BCUT2D eigenvalue weighted by atomic mass is 9.74. The Morgan fingerprint density at radius 2 is 1.29 bits per heavy atom. The molecule has 0 spiro atoms. The van der Waals surface area contributed by atoms with Crippen LogP contribution in [0.4, 0.5) is 0 Å². The second-order valence-corrected chi connectivity index (χ2v) is 19.5. The fourth-order valence-corrected chi connectivity index (χ4v) is 12.7. The zero-order valence-electron chi connectivity index (χ0n) is 19.8. The van der Waals surface area contributed by atoms with Crippen molar-refractivity contribution in [3.05, 3.63) is 0 Å². The van der Waals surface area contributed by atoms with Crippen molar-refractivity contribution in [1.29, 1.82) is 0 Å². The quantitative estimate of drug-likeness (QED) is 0.378. The van der Waals surface area contributed by atoms with Gasteiger partial charge in [-0.1, -0.05) is 41.5 Å². The van der Waals surface area contributed by atoms with E-state index in [0.29, 0.717) is 35.5 Å². The first-order valence-corrected chi connectivity index (χ1v) is 16.8. The minimum atomic E-state index is -2.14. The van der Waals surface area contributed by atoms with E-state index in [0.717, 1.165) is 37.5 Å². The van der Waals surface area contributed by atoms with Gasteiger partial charge < -0.3 is 9.13 Å². The molecule has 2 saturated carbocycles. The zero-order chi connectivity index (χ0) is 21.1. The maximum atomic E-state index is 13.7. The van der Waals surface area contributed by atoms with Crippen LogP contribution in [0.1, 0.15) is 67.2 Å². The smallest absolute Gasteiger partial charge is 0.0851 e. The topological polar surface area (TPSA) is 34.1 Å². The first kappa shape index (κ1) is 23.1. The Balaban J connectivity index is 1.93. The summed E-state index contributed by atoms with van der Waals surface area (Å²) in [5.41, 5.74) is 0.476. The van der Waals surface area contributed by atoms with Gasteiger partial charge in [-0.15, -0.1) is 0 Å². The Morgan fingerprint density at radius 3 is 1.89 bits per heavy atom. The van der Waals surface area contributed by atoms with E-state index < -0.39 is 14.3 Å².